The lowest BCUT2D eigenvalue weighted by Crippen LogP contribution is -2.30. The van der Waals surface area contributed by atoms with Crippen molar-refractivity contribution in [3.63, 3.8) is 0 Å². The number of imidazole rings is 1. The summed E-state index contributed by atoms with van der Waals surface area (Å²) in [5.41, 5.74) is 10.8. The van der Waals surface area contributed by atoms with Crippen LogP contribution in [0.3, 0.4) is 0 Å². The molecule has 1 saturated heterocycles. The summed E-state index contributed by atoms with van der Waals surface area (Å²) >= 11 is 5.34. The molecular formula is C32H34ClN9O2. The average molecular weight is 612 g/mol. The molecule has 1 aliphatic rings. The van der Waals surface area contributed by atoms with Crippen molar-refractivity contribution in [3.05, 3.63) is 95.2 Å². The van der Waals surface area contributed by atoms with Crippen LogP contribution in [0.2, 0.25) is 5.28 Å². The van der Waals surface area contributed by atoms with Crippen LogP contribution in [-0.4, -0.2) is 60.0 Å². The van der Waals surface area contributed by atoms with Crippen molar-refractivity contribution in [1.29, 1.82) is 0 Å². The maximum absolute atomic E-state index is 12.8. The Morgan fingerprint density at radius 1 is 1.07 bits per heavy atom. The molecule has 1 aromatic carbocycles. The third-order valence-electron chi connectivity index (χ3n) is 7.47. The topological polar surface area (TPSA) is 144 Å². The van der Waals surface area contributed by atoms with Gasteiger partial charge >= 0.3 is 0 Å². The Balaban J connectivity index is 0.000000367. The normalized spacial score (nSPS) is 14.9. The van der Waals surface area contributed by atoms with Gasteiger partial charge in [-0.1, -0.05) is 31.9 Å². The molecule has 1 amide bonds. The van der Waals surface area contributed by atoms with Gasteiger partial charge in [-0.05, 0) is 80.4 Å². The second kappa shape index (κ2) is 14.2. The van der Waals surface area contributed by atoms with Crippen molar-refractivity contribution in [3.8, 4) is 11.3 Å². The number of fused-ring (bicyclic) bond motifs is 1. The molecule has 12 heteroatoms. The Bertz CT molecular complexity index is 1760. The molecule has 44 heavy (non-hydrogen) atoms. The zero-order valence-corrected chi connectivity index (χ0v) is 25.4. The number of carbonyl (C=O) groups excluding carboxylic acids is 2. The fourth-order valence-corrected chi connectivity index (χ4v) is 5.45. The summed E-state index contributed by atoms with van der Waals surface area (Å²) in [7, 11) is 2.15. The number of piperidine rings is 1. The molecule has 0 bridgehead atoms. The van der Waals surface area contributed by atoms with Gasteiger partial charge in [0.1, 0.15) is 34.4 Å². The van der Waals surface area contributed by atoms with Crippen LogP contribution < -0.4 is 11.1 Å². The van der Waals surface area contributed by atoms with Crippen molar-refractivity contribution >= 4 is 40.9 Å². The molecule has 1 aliphatic heterocycles. The standard InChI is InChI=1S/C27H31N7O.C5H3ClN2O/c1-3-6-18-12-13-29-22(17-18)31-27(35)20-10-8-19(9-11-20)23-24-25(28)30-14-16-34(24)26(32-23)21-7-4-5-15-33(21)2;6-5-7-2-1-4(3-9)8-5/h8-14,16-17,21H,3-7,15H2,1-2H3,(H2,28,30)(H,29,31,35);1-3H/t21-;/m0./s1. The van der Waals surface area contributed by atoms with E-state index in [2.05, 4.69) is 48.5 Å². The monoisotopic (exact) mass is 611 g/mol. The number of carbonyl (C=O) groups is 2. The number of anilines is 2. The molecule has 5 heterocycles. The molecule has 1 atom stereocenters. The van der Waals surface area contributed by atoms with Crippen LogP contribution in [0.1, 0.15) is 70.9 Å². The number of aromatic nitrogens is 6. The Morgan fingerprint density at radius 3 is 2.57 bits per heavy atom. The van der Waals surface area contributed by atoms with E-state index in [-0.39, 0.29) is 17.2 Å². The molecule has 0 saturated carbocycles. The first-order chi connectivity index (χ1) is 21.4. The Kier molecular flexibility index (Phi) is 9.88. The van der Waals surface area contributed by atoms with Crippen LogP contribution in [0.15, 0.2) is 67.3 Å². The maximum Gasteiger partial charge on any atom is 0.256 e. The van der Waals surface area contributed by atoms with E-state index in [9.17, 15) is 9.59 Å². The maximum atomic E-state index is 12.8. The third kappa shape index (κ3) is 7.07. The molecule has 1 fully saturated rings. The second-order valence-electron chi connectivity index (χ2n) is 10.5. The number of benzene rings is 1. The summed E-state index contributed by atoms with van der Waals surface area (Å²) in [5.74, 6) is 1.79. The van der Waals surface area contributed by atoms with Crippen LogP contribution >= 0.6 is 11.6 Å². The number of halogens is 1. The number of nitrogens with one attached hydrogen (secondary N) is 1. The van der Waals surface area contributed by atoms with Gasteiger partial charge in [0, 0.05) is 35.9 Å². The quantitative estimate of drug-likeness (QED) is 0.175. The van der Waals surface area contributed by atoms with Gasteiger partial charge in [-0.3, -0.25) is 18.9 Å². The van der Waals surface area contributed by atoms with Crippen molar-refractivity contribution < 1.29 is 9.59 Å². The van der Waals surface area contributed by atoms with E-state index >= 15 is 0 Å². The number of amides is 1. The Labute approximate surface area is 260 Å². The van der Waals surface area contributed by atoms with E-state index in [0.717, 1.165) is 54.0 Å². The molecule has 4 aromatic heterocycles. The number of hydrogen-bond acceptors (Lipinski definition) is 9. The SMILES string of the molecule is CCCc1ccnc(NC(=O)c2ccc(-c3nc([C@@H]4CCCCN4C)n4ccnc(N)c34)cc2)c1.O=Cc1ccnc(Cl)n1. The van der Waals surface area contributed by atoms with Crippen LogP contribution in [0.25, 0.3) is 16.8 Å². The highest BCUT2D eigenvalue weighted by molar-refractivity contribution is 6.28. The highest BCUT2D eigenvalue weighted by Crippen LogP contribution is 2.35. The zero-order chi connectivity index (χ0) is 31.1. The van der Waals surface area contributed by atoms with Gasteiger partial charge in [0.05, 0.1) is 6.04 Å². The lowest BCUT2D eigenvalue weighted by atomic mass is 10.0. The minimum absolute atomic E-state index is 0.0969. The van der Waals surface area contributed by atoms with E-state index in [4.69, 9.17) is 22.3 Å². The van der Waals surface area contributed by atoms with Gasteiger partial charge in [-0.2, -0.15) is 0 Å². The summed E-state index contributed by atoms with van der Waals surface area (Å²) < 4.78 is 2.07. The first-order valence-corrected chi connectivity index (χ1v) is 14.9. The lowest BCUT2D eigenvalue weighted by molar-refractivity contribution is 0.102. The number of aldehydes is 1. The van der Waals surface area contributed by atoms with E-state index in [1.54, 1.807) is 12.4 Å². The Hall–Kier alpha value is -4.74. The highest BCUT2D eigenvalue weighted by atomic mass is 35.5. The van der Waals surface area contributed by atoms with Crippen molar-refractivity contribution in [2.75, 3.05) is 24.6 Å². The summed E-state index contributed by atoms with van der Waals surface area (Å²) in [5, 5.41) is 3.00. The van der Waals surface area contributed by atoms with Gasteiger partial charge in [0.15, 0.2) is 6.29 Å². The lowest BCUT2D eigenvalue weighted by Gasteiger charge is -2.31. The van der Waals surface area contributed by atoms with Crippen LogP contribution in [-0.2, 0) is 6.42 Å². The van der Waals surface area contributed by atoms with E-state index in [1.807, 2.05) is 42.6 Å². The van der Waals surface area contributed by atoms with Crippen LogP contribution in [0.5, 0.6) is 0 Å². The number of nitrogen functional groups attached to an aromatic ring is 1. The zero-order valence-electron chi connectivity index (χ0n) is 24.7. The van der Waals surface area contributed by atoms with Crippen molar-refractivity contribution in [1.82, 2.24) is 34.2 Å². The van der Waals surface area contributed by atoms with Crippen LogP contribution in [0.4, 0.5) is 11.6 Å². The largest absolute Gasteiger partial charge is 0.382 e. The summed E-state index contributed by atoms with van der Waals surface area (Å²) in [6, 6.07) is 13.1. The molecule has 0 aliphatic carbocycles. The van der Waals surface area contributed by atoms with Crippen molar-refractivity contribution in [2.24, 2.45) is 0 Å². The van der Waals surface area contributed by atoms with E-state index in [0.29, 0.717) is 29.2 Å². The molecular weight excluding hydrogens is 578 g/mol. The number of pyridine rings is 1. The predicted octanol–water partition coefficient (Wildman–Crippen LogP) is 5.68. The van der Waals surface area contributed by atoms with Gasteiger partial charge in [-0.25, -0.2) is 24.9 Å². The minimum Gasteiger partial charge on any atom is -0.382 e. The summed E-state index contributed by atoms with van der Waals surface area (Å²) in [4.78, 5) is 46.0. The van der Waals surface area contributed by atoms with Gasteiger partial charge in [-0.15, -0.1) is 0 Å². The number of rotatable bonds is 7. The Morgan fingerprint density at radius 2 is 1.86 bits per heavy atom. The van der Waals surface area contributed by atoms with Gasteiger partial charge in [0.25, 0.3) is 5.91 Å². The van der Waals surface area contributed by atoms with Gasteiger partial charge < -0.3 is 11.1 Å². The van der Waals surface area contributed by atoms with E-state index in [1.165, 1.54) is 25.1 Å². The number of aryl methyl sites for hydroxylation is 1. The molecule has 6 rings (SSSR count). The first kappa shape index (κ1) is 30.7. The number of likely N-dealkylation sites (tertiary alicyclic amines) is 1. The fraction of sp³-hybridized carbons (Fsp3) is 0.281. The number of nitrogens with two attached hydrogens (primary N) is 1. The predicted molar refractivity (Wildman–Crippen MR) is 171 cm³/mol. The van der Waals surface area contributed by atoms with Gasteiger partial charge in [0.2, 0.25) is 5.28 Å². The fourth-order valence-electron chi connectivity index (χ4n) is 5.29. The van der Waals surface area contributed by atoms with Crippen LogP contribution in [0, 0.1) is 0 Å². The third-order valence-corrected chi connectivity index (χ3v) is 7.65. The summed E-state index contributed by atoms with van der Waals surface area (Å²) in [6.07, 6.45) is 12.9. The number of nitrogens with zero attached hydrogens (tertiary/aromatic N) is 7. The average Bonchev–Trinajstić information content (AvgIpc) is 3.43. The minimum atomic E-state index is -0.196. The molecule has 11 nitrogen and oxygen atoms in total. The van der Waals surface area contributed by atoms with Crippen molar-refractivity contribution in [2.45, 2.75) is 45.1 Å². The molecule has 5 aromatic rings. The first-order valence-electron chi connectivity index (χ1n) is 14.5. The number of hydrogen-bond donors (Lipinski definition) is 2. The highest BCUT2D eigenvalue weighted by Gasteiger charge is 2.27. The molecule has 0 unspecified atom stereocenters. The molecule has 0 radical (unpaired) electrons. The van der Waals surface area contributed by atoms with E-state index < -0.39 is 0 Å². The molecule has 0 spiro atoms. The molecule has 3 N–H and O–H groups in total. The summed E-state index contributed by atoms with van der Waals surface area (Å²) in [6.45, 7) is 3.18. The molecule has 226 valence electrons. The second-order valence-corrected chi connectivity index (χ2v) is 10.9. The smallest absolute Gasteiger partial charge is 0.256 e.